The standard InChI is InChI=1S/C14H21NO4/c1-14(2)18-8-10(9-19-14)15-12-7-11(16-3)5-6-13(12)17-4/h5-7,10,15H,8-9H2,1-4H3. The van der Waals surface area contributed by atoms with Crippen molar-refractivity contribution in [2.24, 2.45) is 0 Å². The minimum atomic E-state index is -0.503. The van der Waals surface area contributed by atoms with Gasteiger partial charge >= 0.3 is 0 Å². The molecule has 1 aliphatic rings. The molecule has 0 spiro atoms. The quantitative estimate of drug-likeness (QED) is 0.907. The van der Waals surface area contributed by atoms with E-state index in [1.807, 2.05) is 32.0 Å². The van der Waals surface area contributed by atoms with Gasteiger partial charge in [0.05, 0.1) is 39.2 Å². The summed E-state index contributed by atoms with van der Waals surface area (Å²) in [6.45, 7) is 5.01. The van der Waals surface area contributed by atoms with E-state index >= 15 is 0 Å². The van der Waals surface area contributed by atoms with Gasteiger partial charge in [-0.15, -0.1) is 0 Å². The molecule has 1 aromatic rings. The van der Waals surface area contributed by atoms with Crippen LogP contribution in [0, 0.1) is 0 Å². The number of ether oxygens (including phenoxy) is 4. The second kappa shape index (κ2) is 5.67. The summed E-state index contributed by atoms with van der Waals surface area (Å²) in [5, 5.41) is 3.36. The monoisotopic (exact) mass is 267 g/mol. The average molecular weight is 267 g/mol. The zero-order valence-electron chi connectivity index (χ0n) is 11.9. The zero-order valence-corrected chi connectivity index (χ0v) is 11.9. The maximum absolute atomic E-state index is 5.62. The molecule has 0 amide bonds. The Balaban J connectivity index is 2.06. The molecule has 1 aromatic carbocycles. The maximum atomic E-state index is 5.62. The molecule has 0 unspecified atom stereocenters. The molecule has 0 saturated carbocycles. The predicted molar refractivity (Wildman–Crippen MR) is 72.9 cm³/mol. The van der Waals surface area contributed by atoms with Gasteiger partial charge in [0.25, 0.3) is 0 Å². The van der Waals surface area contributed by atoms with E-state index in [9.17, 15) is 0 Å². The van der Waals surface area contributed by atoms with E-state index in [-0.39, 0.29) is 6.04 Å². The highest BCUT2D eigenvalue weighted by Gasteiger charge is 2.28. The van der Waals surface area contributed by atoms with Gasteiger partial charge < -0.3 is 24.3 Å². The number of nitrogens with one attached hydrogen (secondary N) is 1. The number of anilines is 1. The van der Waals surface area contributed by atoms with E-state index in [2.05, 4.69) is 5.32 Å². The molecule has 1 saturated heterocycles. The van der Waals surface area contributed by atoms with Crippen LogP contribution in [-0.4, -0.2) is 39.3 Å². The van der Waals surface area contributed by atoms with Gasteiger partial charge in [0.2, 0.25) is 0 Å². The van der Waals surface area contributed by atoms with Gasteiger partial charge in [-0.25, -0.2) is 0 Å². The Morgan fingerprint density at radius 1 is 1.16 bits per heavy atom. The molecule has 0 aromatic heterocycles. The van der Waals surface area contributed by atoms with Crippen molar-refractivity contribution in [3.63, 3.8) is 0 Å². The van der Waals surface area contributed by atoms with Gasteiger partial charge in [0.1, 0.15) is 11.5 Å². The summed E-state index contributed by atoms with van der Waals surface area (Å²) < 4.78 is 21.8. The molecular weight excluding hydrogens is 246 g/mol. The van der Waals surface area contributed by atoms with Crippen molar-refractivity contribution in [3.05, 3.63) is 18.2 Å². The Kier molecular flexibility index (Phi) is 4.17. The highest BCUT2D eigenvalue weighted by atomic mass is 16.7. The van der Waals surface area contributed by atoms with Crippen molar-refractivity contribution in [3.8, 4) is 11.5 Å². The normalized spacial score (nSPS) is 18.9. The van der Waals surface area contributed by atoms with Crippen LogP contribution in [0.4, 0.5) is 5.69 Å². The van der Waals surface area contributed by atoms with E-state index in [0.717, 1.165) is 17.2 Å². The highest BCUT2D eigenvalue weighted by molar-refractivity contribution is 5.60. The molecule has 1 aliphatic heterocycles. The smallest absolute Gasteiger partial charge is 0.162 e. The predicted octanol–water partition coefficient (Wildman–Crippen LogP) is 2.27. The van der Waals surface area contributed by atoms with E-state index in [1.165, 1.54) is 0 Å². The van der Waals surface area contributed by atoms with Gasteiger partial charge in [-0.2, -0.15) is 0 Å². The number of rotatable bonds is 4. The van der Waals surface area contributed by atoms with Crippen molar-refractivity contribution in [1.29, 1.82) is 0 Å². The van der Waals surface area contributed by atoms with Gasteiger partial charge in [-0.05, 0) is 26.0 Å². The minimum Gasteiger partial charge on any atom is -0.497 e. The molecule has 0 radical (unpaired) electrons. The summed E-state index contributed by atoms with van der Waals surface area (Å²) in [7, 11) is 3.28. The first kappa shape index (κ1) is 14.0. The van der Waals surface area contributed by atoms with Gasteiger partial charge in [0, 0.05) is 6.07 Å². The third-order valence-electron chi connectivity index (χ3n) is 3.03. The maximum Gasteiger partial charge on any atom is 0.162 e. The van der Waals surface area contributed by atoms with Crippen LogP contribution in [0.5, 0.6) is 11.5 Å². The van der Waals surface area contributed by atoms with Gasteiger partial charge in [0.15, 0.2) is 5.79 Å². The van der Waals surface area contributed by atoms with Crippen molar-refractivity contribution in [2.45, 2.75) is 25.7 Å². The molecule has 19 heavy (non-hydrogen) atoms. The Morgan fingerprint density at radius 3 is 2.42 bits per heavy atom. The van der Waals surface area contributed by atoms with Crippen LogP contribution >= 0.6 is 0 Å². The van der Waals surface area contributed by atoms with Crippen LogP contribution in [0.3, 0.4) is 0 Å². The van der Waals surface area contributed by atoms with Gasteiger partial charge in [-0.1, -0.05) is 0 Å². The zero-order chi connectivity index (χ0) is 13.9. The average Bonchev–Trinajstić information content (AvgIpc) is 2.41. The van der Waals surface area contributed by atoms with Crippen LogP contribution in [0.2, 0.25) is 0 Å². The largest absolute Gasteiger partial charge is 0.497 e. The summed E-state index contributed by atoms with van der Waals surface area (Å²) in [6, 6.07) is 5.73. The van der Waals surface area contributed by atoms with Crippen LogP contribution in [0.1, 0.15) is 13.8 Å². The first-order chi connectivity index (χ1) is 9.04. The van der Waals surface area contributed by atoms with Crippen molar-refractivity contribution >= 4 is 5.69 Å². The molecule has 2 rings (SSSR count). The Bertz CT molecular complexity index is 423. The fourth-order valence-corrected chi connectivity index (χ4v) is 1.92. The van der Waals surface area contributed by atoms with Crippen LogP contribution < -0.4 is 14.8 Å². The summed E-state index contributed by atoms with van der Waals surface area (Å²) in [4.78, 5) is 0. The number of hydrogen-bond donors (Lipinski definition) is 1. The second-order valence-electron chi connectivity index (χ2n) is 4.93. The van der Waals surface area contributed by atoms with E-state index in [1.54, 1.807) is 14.2 Å². The number of methoxy groups -OCH3 is 2. The van der Waals surface area contributed by atoms with Gasteiger partial charge in [-0.3, -0.25) is 0 Å². The highest BCUT2D eigenvalue weighted by Crippen LogP contribution is 2.30. The molecule has 106 valence electrons. The molecule has 0 bridgehead atoms. The summed E-state index contributed by atoms with van der Waals surface area (Å²) in [5.74, 6) is 1.04. The topological polar surface area (TPSA) is 49.0 Å². The van der Waals surface area contributed by atoms with Crippen molar-refractivity contribution in [1.82, 2.24) is 0 Å². The van der Waals surface area contributed by atoms with Crippen molar-refractivity contribution < 1.29 is 18.9 Å². The van der Waals surface area contributed by atoms with Crippen LogP contribution in [0.25, 0.3) is 0 Å². The lowest BCUT2D eigenvalue weighted by Gasteiger charge is -2.35. The number of benzene rings is 1. The van der Waals surface area contributed by atoms with E-state index in [0.29, 0.717) is 13.2 Å². The molecule has 5 nitrogen and oxygen atoms in total. The third-order valence-corrected chi connectivity index (χ3v) is 3.03. The van der Waals surface area contributed by atoms with Crippen molar-refractivity contribution in [2.75, 3.05) is 32.8 Å². The third kappa shape index (κ3) is 3.52. The van der Waals surface area contributed by atoms with E-state index in [4.69, 9.17) is 18.9 Å². The molecule has 0 atom stereocenters. The summed E-state index contributed by atoms with van der Waals surface area (Å²) in [6.07, 6.45) is 0. The molecule has 5 heteroatoms. The lowest BCUT2D eigenvalue weighted by Crippen LogP contribution is -2.45. The Hall–Kier alpha value is -1.46. The van der Waals surface area contributed by atoms with E-state index < -0.39 is 5.79 Å². The fourth-order valence-electron chi connectivity index (χ4n) is 1.92. The molecule has 1 heterocycles. The second-order valence-corrected chi connectivity index (χ2v) is 4.93. The molecule has 1 N–H and O–H groups in total. The van der Waals surface area contributed by atoms with Crippen LogP contribution in [0.15, 0.2) is 18.2 Å². The molecule has 1 fully saturated rings. The van der Waals surface area contributed by atoms with Crippen LogP contribution in [-0.2, 0) is 9.47 Å². The SMILES string of the molecule is COc1ccc(OC)c(NC2COC(C)(C)OC2)c1. The fraction of sp³-hybridized carbons (Fsp3) is 0.571. The summed E-state index contributed by atoms with van der Waals surface area (Å²) >= 11 is 0. The molecule has 0 aliphatic carbocycles. The first-order valence-electron chi connectivity index (χ1n) is 6.30. The summed E-state index contributed by atoms with van der Waals surface area (Å²) in [5.41, 5.74) is 0.874. The molecular formula is C14H21NO4. The Morgan fingerprint density at radius 2 is 1.84 bits per heavy atom. The lowest BCUT2D eigenvalue weighted by atomic mass is 10.2. The first-order valence-corrected chi connectivity index (χ1v) is 6.30. The number of hydrogen-bond acceptors (Lipinski definition) is 5. The lowest BCUT2D eigenvalue weighted by molar-refractivity contribution is -0.247. The minimum absolute atomic E-state index is 0.0917. The Labute approximate surface area is 113 Å².